The summed E-state index contributed by atoms with van der Waals surface area (Å²) < 4.78 is 13.4. The second-order valence-corrected chi connectivity index (χ2v) is 8.90. The van der Waals surface area contributed by atoms with Gasteiger partial charge in [0.25, 0.3) is 5.91 Å². The van der Waals surface area contributed by atoms with Gasteiger partial charge in [0, 0.05) is 29.2 Å². The van der Waals surface area contributed by atoms with Crippen LogP contribution in [-0.2, 0) is 12.8 Å². The van der Waals surface area contributed by atoms with E-state index < -0.39 is 5.82 Å². The van der Waals surface area contributed by atoms with E-state index in [0.29, 0.717) is 17.3 Å². The van der Waals surface area contributed by atoms with Crippen LogP contribution < -0.4 is 10.6 Å². The van der Waals surface area contributed by atoms with Crippen LogP contribution in [0.25, 0.3) is 10.9 Å². The summed E-state index contributed by atoms with van der Waals surface area (Å²) in [6.07, 6.45) is 9.68. The quantitative estimate of drug-likeness (QED) is 0.324. The van der Waals surface area contributed by atoms with Crippen molar-refractivity contribution in [3.8, 4) is 0 Å². The molecule has 5 rings (SSSR count). The zero-order chi connectivity index (χ0) is 23.3. The Morgan fingerprint density at radius 3 is 2.65 bits per heavy atom. The van der Waals surface area contributed by atoms with Gasteiger partial charge in [-0.3, -0.25) is 9.89 Å². The summed E-state index contributed by atoms with van der Waals surface area (Å²) in [6.45, 7) is 0. The molecule has 7 heteroatoms. The second-order valence-electron chi connectivity index (χ2n) is 8.90. The topological polar surface area (TPSA) is 82.7 Å². The van der Waals surface area contributed by atoms with Gasteiger partial charge in [0.05, 0.1) is 10.9 Å². The Kier molecular flexibility index (Phi) is 6.51. The molecule has 1 amide bonds. The zero-order valence-electron chi connectivity index (χ0n) is 19.0. The van der Waals surface area contributed by atoms with Gasteiger partial charge < -0.3 is 10.6 Å². The first-order chi connectivity index (χ1) is 16.7. The van der Waals surface area contributed by atoms with Gasteiger partial charge in [0.15, 0.2) is 0 Å². The molecule has 6 nitrogen and oxygen atoms in total. The summed E-state index contributed by atoms with van der Waals surface area (Å²) in [7, 11) is 0. The average Bonchev–Trinajstić information content (AvgIpc) is 3.28. The van der Waals surface area contributed by atoms with E-state index in [1.165, 1.54) is 50.3 Å². The molecule has 1 fully saturated rings. The first kappa shape index (κ1) is 22.1. The number of anilines is 2. The lowest BCUT2D eigenvalue weighted by Gasteiger charge is -2.23. The maximum atomic E-state index is 13.4. The number of aromatic nitrogens is 3. The number of benzene rings is 2. The number of fused-ring (bicyclic) bond motifs is 1. The van der Waals surface area contributed by atoms with Crippen molar-refractivity contribution >= 4 is 28.3 Å². The van der Waals surface area contributed by atoms with E-state index in [-0.39, 0.29) is 5.91 Å². The number of hydrogen-bond acceptors (Lipinski definition) is 4. The van der Waals surface area contributed by atoms with Gasteiger partial charge in [-0.25, -0.2) is 9.37 Å². The molecule has 1 aliphatic rings. The van der Waals surface area contributed by atoms with Crippen LogP contribution in [0.3, 0.4) is 0 Å². The standard InChI is InChI=1S/C27H28FN5O/c28-20-6-4-5-19(17-20)27(34)31-22-12-9-18(10-13-22)11-14-23-25-24(33-32-23)15-16-29-26(25)30-21-7-2-1-3-8-21/h4-6,9-10,12-13,15-17,21H,1-3,7-8,11,14H2,(H,29,30)(H,31,34)(H,32,33). The Labute approximate surface area is 198 Å². The Hall–Kier alpha value is -3.74. The van der Waals surface area contributed by atoms with Gasteiger partial charge in [0.2, 0.25) is 0 Å². The number of aryl methyl sites for hydroxylation is 2. The highest BCUT2D eigenvalue weighted by Crippen LogP contribution is 2.28. The summed E-state index contributed by atoms with van der Waals surface area (Å²) in [5.41, 5.74) is 4.12. The Balaban J connectivity index is 1.24. The van der Waals surface area contributed by atoms with Crippen LogP contribution in [0.5, 0.6) is 0 Å². The smallest absolute Gasteiger partial charge is 0.255 e. The van der Waals surface area contributed by atoms with E-state index in [0.717, 1.165) is 40.8 Å². The van der Waals surface area contributed by atoms with E-state index in [1.807, 2.05) is 36.5 Å². The van der Waals surface area contributed by atoms with Crippen LogP contribution in [0.15, 0.2) is 60.8 Å². The fourth-order valence-electron chi connectivity index (χ4n) is 4.61. The number of carbonyl (C=O) groups is 1. The number of nitrogens with zero attached hydrogens (tertiary/aromatic N) is 2. The van der Waals surface area contributed by atoms with Crippen LogP contribution in [0.2, 0.25) is 0 Å². The minimum absolute atomic E-state index is 0.293. The van der Waals surface area contributed by atoms with Gasteiger partial charge in [-0.1, -0.05) is 37.5 Å². The van der Waals surface area contributed by atoms with Crippen LogP contribution in [-0.4, -0.2) is 27.1 Å². The number of aromatic amines is 1. The molecule has 0 spiro atoms. The highest BCUT2D eigenvalue weighted by Gasteiger charge is 2.17. The summed E-state index contributed by atoms with van der Waals surface area (Å²) in [5, 5.41) is 15.2. The van der Waals surface area contributed by atoms with Crippen LogP contribution in [0.1, 0.15) is 53.7 Å². The highest BCUT2D eigenvalue weighted by molar-refractivity contribution is 6.04. The van der Waals surface area contributed by atoms with E-state index >= 15 is 0 Å². The Bertz CT molecular complexity index is 1280. The summed E-state index contributed by atoms with van der Waals surface area (Å²) >= 11 is 0. The number of amides is 1. The van der Waals surface area contributed by atoms with E-state index in [1.54, 1.807) is 6.07 Å². The lowest BCUT2D eigenvalue weighted by Crippen LogP contribution is -2.23. The number of nitrogens with one attached hydrogen (secondary N) is 3. The predicted octanol–water partition coefficient (Wildman–Crippen LogP) is 5.88. The Morgan fingerprint density at radius 2 is 1.85 bits per heavy atom. The SMILES string of the molecule is O=C(Nc1ccc(CCc2[nH]nc3ccnc(NC4CCCCC4)c23)cc1)c1cccc(F)c1. The molecule has 3 N–H and O–H groups in total. The van der Waals surface area contributed by atoms with E-state index in [4.69, 9.17) is 0 Å². The third-order valence-corrected chi connectivity index (χ3v) is 6.45. The van der Waals surface area contributed by atoms with Crippen LogP contribution in [0, 0.1) is 5.82 Å². The summed E-state index contributed by atoms with van der Waals surface area (Å²) in [6, 6.07) is 15.8. The number of halogens is 1. The zero-order valence-corrected chi connectivity index (χ0v) is 19.0. The lowest BCUT2D eigenvalue weighted by atomic mass is 9.95. The van der Waals surface area contributed by atoms with Gasteiger partial charge >= 0.3 is 0 Å². The molecule has 0 radical (unpaired) electrons. The van der Waals surface area contributed by atoms with Gasteiger partial charge in [-0.15, -0.1) is 0 Å². The van der Waals surface area contributed by atoms with Gasteiger partial charge in [-0.2, -0.15) is 5.10 Å². The first-order valence-electron chi connectivity index (χ1n) is 11.9. The third kappa shape index (κ3) is 5.09. The summed E-state index contributed by atoms with van der Waals surface area (Å²) in [4.78, 5) is 17.0. The molecule has 2 aromatic heterocycles. The van der Waals surface area contributed by atoms with Crippen molar-refractivity contribution in [1.82, 2.24) is 15.2 Å². The molecule has 34 heavy (non-hydrogen) atoms. The molecule has 4 aromatic rings. The average molecular weight is 458 g/mol. The molecule has 0 unspecified atom stereocenters. The predicted molar refractivity (Wildman–Crippen MR) is 133 cm³/mol. The molecule has 0 saturated heterocycles. The molecule has 2 aromatic carbocycles. The van der Waals surface area contributed by atoms with Crippen molar-refractivity contribution in [2.45, 2.75) is 51.0 Å². The fourth-order valence-corrected chi connectivity index (χ4v) is 4.61. The van der Waals surface area contributed by atoms with Gasteiger partial charge in [0.1, 0.15) is 11.6 Å². The monoisotopic (exact) mass is 457 g/mol. The first-order valence-corrected chi connectivity index (χ1v) is 11.9. The molecule has 1 saturated carbocycles. The highest BCUT2D eigenvalue weighted by atomic mass is 19.1. The van der Waals surface area contributed by atoms with Crippen molar-refractivity contribution in [2.24, 2.45) is 0 Å². The minimum Gasteiger partial charge on any atom is -0.367 e. The summed E-state index contributed by atoms with van der Waals surface area (Å²) in [5.74, 6) is 0.159. The van der Waals surface area contributed by atoms with Crippen LogP contribution in [0.4, 0.5) is 15.9 Å². The third-order valence-electron chi connectivity index (χ3n) is 6.45. The fraction of sp³-hybridized carbons (Fsp3) is 0.296. The molecule has 2 heterocycles. The van der Waals surface area contributed by atoms with E-state index in [9.17, 15) is 9.18 Å². The molecular weight excluding hydrogens is 429 g/mol. The molecule has 1 aliphatic carbocycles. The molecular formula is C27H28FN5O. The largest absolute Gasteiger partial charge is 0.367 e. The van der Waals surface area contributed by atoms with Gasteiger partial charge in [-0.05, 0) is 67.6 Å². The Morgan fingerprint density at radius 1 is 1.03 bits per heavy atom. The normalized spacial score (nSPS) is 14.3. The number of pyridine rings is 1. The molecule has 0 bridgehead atoms. The number of rotatable bonds is 7. The number of carbonyl (C=O) groups excluding carboxylic acids is 1. The van der Waals surface area contributed by atoms with Crippen molar-refractivity contribution < 1.29 is 9.18 Å². The van der Waals surface area contributed by atoms with Crippen LogP contribution >= 0.6 is 0 Å². The molecule has 0 aliphatic heterocycles. The van der Waals surface area contributed by atoms with Crippen molar-refractivity contribution in [3.05, 3.63) is 83.4 Å². The van der Waals surface area contributed by atoms with Crippen molar-refractivity contribution in [1.29, 1.82) is 0 Å². The maximum Gasteiger partial charge on any atom is 0.255 e. The van der Waals surface area contributed by atoms with Crippen molar-refractivity contribution in [3.63, 3.8) is 0 Å². The number of hydrogen-bond donors (Lipinski definition) is 3. The number of H-pyrrole nitrogens is 1. The minimum atomic E-state index is -0.429. The second kappa shape index (κ2) is 10.0. The van der Waals surface area contributed by atoms with Crippen molar-refractivity contribution in [2.75, 3.05) is 10.6 Å². The molecule has 174 valence electrons. The van der Waals surface area contributed by atoms with E-state index in [2.05, 4.69) is 25.8 Å². The maximum absolute atomic E-state index is 13.4. The molecule has 0 atom stereocenters. The lowest BCUT2D eigenvalue weighted by molar-refractivity contribution is 0.102.